The van der Waals surface area contributed by atoms with Crippen LogP contribution < -0.4 is 4.74 Å². The van der Waals surface area contributed by atoms with Gasteiger partial charge in [-0.25, -0.2) is 4.79 Å². The van der Waals surface area contributed by atoms with Crippen LogP contribution in [0.25, 0.3) is 0 Å². The number of nitrogens with zero attached hydrogens (tertiary/aromatic N) is 1. The van der Waals surface area contributed by atoms with Crippen molar-refractivity contribution in [3.05, 3.63) is 64.7 Å². The summed E-state index contributed by atoms with van der Waals surface area (Å²) in [4.78, 5) is 27.0. The van der Waals surface area contributed by atoms with E-state index in [4.69, 9.17) is 21.1 Å². The SMILES string of the molecule is COC(=O)[C@H]1CS[C@H](c2ccc(Cl)cc2)N1C(=O)c1ccc(OC)cc1. The highest BCUT2D eigenvalue weighted by Crippen LogP contribution is 2.42. The number of halogens is 1. The second-order valence-electron chi connectivity index (χ2n) is 5.72. The summed E-state index contributed by atoms with van der Waals surface area (Å²) in [5.74, 6) is 0.488. The lowest BCUT2D eigenvalue weighted by Gasteiger charge is -2.28. The molecule has 0 saturated carbocycles. The average Bonchev–Trinajstić information content (AvgIpc) is 3.12. The van der Waals surface area contributed by atoms with Gasteiger partial charge in [-0.15, -0.1) is 11.8 Å². The zero-order valence-corrected chi connectivity index (χ0v) is 15.9. The second-order valence-corrected chi connectivity index (χ2v) is 7.27. The van der Waals surface area contributed by atoms with Gasteiger partial charge in [0.15, 0.2) is 0 Å². The van der Waals surface area contributed by atoms with E-state index in [0.29, 0.717) is 22.1 Å². The van der Waals surface area contributed by atoms with Crippen molar-refractivity contribution in [2.45, 2.75) is 11.4 Å². The number of carbonyl (C=O) groups excluding carboxylic acids is 2. The van der Waals surface area contributed by atoms with Crippen LogP contribution in [0.3, 0.4) is 0 Å². The predicted molar refractivity (Wildman–Crippen MR) is 102 cm³/mol. The first-order chi connectivity index (χ1) is 12.5. The number of benzene rings is 2. The topological polar surface area (TPSA) is 55.8 Å². The lowest BCUT2D eigenvalue weighted by Crippen LogP contribution is -2.43. The van der Waals surface area contributed by atoms with Gasteiger partial charge < -0.3 is 14.4 Å². The van der Waals surface area contributed by atoms with Crippen molar-refractivity contribution < 1.29 is 19.1 Å². The second kappa shape index (κ2) is 8.01. The number of thioether (sulfide) groups is 1. The molecule has 1 saturated heterocycles. The minimum atomic E-state index is -0.639. The van der Waals surface area contributed by atoms with Gasteiger partial charge in [0.2, 0.25) is 0 Å². The lowest BCUT2D eigenvalue weighted by atomic mass is 10.1. The highest BCUT2D eigenvalue weighted by molar-refractivity contribution is 7.99. The molecule has 1 aliphatic rings. The monoisotopic (exact) mass is 391 g/mol. The lowest BCUT2D eigenvalue weighted by molar-refractivity contribution is -0.145. The molecular weight excluding hydrogens is 374 g/mol. The van der Waals surface area contributed by atoms with Crippen LogP contribution in [-0.2, 0) is 9.53 Å². The summed E-state index contributed by atoms with van der Waals surface area (Å²) in [6.45, 7) is 0. The van der Waals surface area contributed by atoms with Gasteiger partial charge >= 0.3 is 5.97 Å². The Hall–Kier alpha value is -2.18. The van der Waals surface area contributed by atoms with Gasteiger partial charge in [-0.1, -0.05) is 23.7 Å². The molecule has 0 radical (unpaired) electrons. The summed E-state index contributed by atoms with van der Waals surface area (Å²) >= 11 is 7.50. The molecule has 1 fully saturated rings. The zero-order chi connectivity index (χ0) is 18.7. The van der Waals surface area contributed by atoms with Crippen molar-refractivity contribution >= 4 is 35.2 Å². The molecule has 0 bridgehead atoms. The molecule has 1 heterocycles. The quantitative estimate of drug-likeness (QED) is 0.742. The molecule has 3 rings (SSSR count). The molecule has 26 heavy (non-hydrogen) atoms. The van der Waals surface area contributed by atoms with E-state index in [9.17, 15) is 9.59 Å². The summed E-state index contributed by atoms with van der Waals surface area (Å²) in [7, 11) is 2.90. The predicted octanol–water partition coefficient (Wildman–Crippen LogP) is 3.78. The van der Waals surface area contributed by atoms with Crippen molar-refractivity contribution in [1.29, 1.82) is 0 Å². The first-order valence-electron chi connectivity index (χ1n) is 7.96. The highest BCUT2D eigenvalue weighted by atomic mass is 35.5. The Morgan fingerprint density at radius 3 is 2.31 bits per heavy atom. The minimum Gasteiger partial charge on any atom is -0.497 e. The first-order valence-corrected chi connectivity index (χ1v) is 9.39. The normalized spacial score (nSPS) is 19.3. The molecule has 1 amide bonds. The molecule has 5 nitrogen and oxygen atoms in total. The number of hydrogen-bond acceptors (Lipinski definition) is 5. The molecule has 136 valence electrons. The number of methoxy groups -OCH3 is 2. The fraction of sp³-hybridized carbons (Fsp3) is 0.263. The van der Waals surface area contributed by atoms with Crippen LogP contribution in [-0.4, -0.2) is 42.8 Å². The Morgan fingerprint density at radius 1 is 1.08 bits per heavy atom. The van der Waals surface area contributed by atoms with Gasteiger partial charge in [0.25, 0.3) is 5.91 Å². The van der Waals surface area contributed by atoms with Gasteiger partial charge in [-0.05, 0) is 42.0 Å². The van der Waals surface area contributed by atoms with E-state index in [1.165, 1.54) is 18.9 Å². The third kappa shape index (κ3) is 3.66. The summed E-state index contributed by atoms with van der Waals surface area (Å²) in [5.41, 5.74) is 1.40. The number of ether oxygens (including phenoxy) is 2. The maximum atomic E-state index is 13.2. The average molecular weight is 392 g/mol. The molecule has 2 aromatic carbocycles. The van der Waals surface area contributed by atoms with Crippen LogP contribution in [0.2, 0.25) is 5.02 Å². The van der Waals surface area contributed by atoms with E-state index in [-0.39, 0.29) is 11.3 Å². The van der Waals surface area contributed by atoms with E-state index in [1.54, 1.807) is 48.4 Å². The highest BCUT2D eigenvalue weighted by Gasteiger charge is 2.43. The van der Waals surface area contributed by atoms with Crippen LogP contribution in [0.15, 0.2) is 48.5 Å². The van der Waals surface area contributed by atoms with Gasteiger partial charge in [-0.2, -0.15) is 0 Å². The number of carbonyl (C=O) groups is 2. The van der Waals surface area contributed by atoms with E-state index in [0.717, 1.165) is 5.56 Å². The molecule has 2 aromatic rings. The van der Waals surface area contributed by atoms with Gasteiger partial charge in [0.05, 0.1) is 14.2 Å². The van der Waals surface area contributed by atoms with Crippen molar-refractivity contribution in [3.63, 3.8) is 0 Å². The Balaban J connectivity index is 1.95. The van der Waals surface area contributed by atoms with E-state index < -0.39 is 12.0 Å². The zero-order valence-electron chi connectivity index (χ0n) is 14.3. The van der Waals surface area contributed by atoms with E-state index in [2.05, 4.69) is 0 Å². The minimum absolute atomic E-state index is 0.229. The standard InChI is InChI=1S/C19H18ClNO4S/c1-24-15-9-5-12(6-10-15)17(22)21-16(19(23)25-2)11-26-18(21)13-3-7-14(20)8-4-13/h3-10,16,18H,11H2,1-2H3/t16-,18-/m1/s1. The summed E-state index contributed by atoms with van der Waals surface area (Å²) in [6, 6.07) is 13.5. The molecular formula is C19H18ClNO4S. The maximum Gasteiger partial charge on any atom is 0.329 e. The van der Waals surface area contributed by atoms with E-state index >= 15 is 0 Å². The Bertz CT molecular complexity index is 794. The van der Waals surface area contributed by atoms with Crippen LogP contribution in [0.4, 0.5) is 0 Å². The van der Waals surface area contributed by atoms with Crippen LogP contribution in [0.1, 0.15) is 21.3 Å². The largest absolute Gasteiger partial charge is 0.497 e. The molecule has 0 spiro atoms. The summed E-state index contributed by atoms with van der Waals surface area (Å²) in [6.07, 6.45) is 0. The van der Waals surface area contributed by atoms with Gasteiger partial charge in [-0.3, -0.25) is 4.79 Å². The molecule has 2 atom stereocenters. The molecule has 0 aliphatic carbocycles. The van der Waals surface area contributed by atoms with Crippen LogP contribution >= 0.6 is 23.4 Å². The van der Waals surface area contributed by atoms with Crippen molar-refractivity contribution in [2.24, 2.45) is 0 Å². The smallest absolute Gasteiger partial charge is 0.329 e. The number of rotatable bonds is 4. The molecule has 7 heteroatoms. The van der Waals surface area contributed by atoms with Crippen molar-refractivity contribution in [3.8, 4) is 5.75 Å². The molecule has 1 aliphatic heterocycles. The Kier molecular flexibility index (Phi) is 5.74. The number of amides is 1. The summed E-state index contributed by atoms with van der Waals surface area (Å²) < 4.78 is 10.0. The molecule has 0 aromatic heterocycles. The number of esters is 1. The fourth-order valence-corrected chi connectivity index (χ4v) is 4.38. The third-order valence-corrected chi connectivity index (χ3v) is 5.78. The molecule has 0 N–H and O–H groups in total. The van der Waals surface area contributed by atoms with Gasteiger partial charge in [0.1, 0.15) is 17.2 Å². The summed E-state index contributed by atoms with van der Waals surface area (Å²) in [5, 5.41) is 0.334. The van der Waals surface area contributed by atoms with Crippen LogP contribution in [0, 0.1) is 0 Å². The van der Waals surface area contributed by atoms with Gasteiger partial charge in [0, 0.05) is 16.3 Å². The fourth-order valence-electron chi connectivity index (χ4n) is 2.84. The van der Waals surface area contributed by atoms with E-state index in [1.807, 2.05) is 12.1 Å². The molecule has 0 unspecified atom stereocenters. The third-order valence-electron chi connectivity index (χ3n) is 4.20. The van der Waals surface area contributed by atoms with Crippen molar-refractivity contribution in [2.75, 3.05) is 20.0 Å². The number of hydrogen-bond donors (Lipinski definition) is 0. The Labute approximate surface area is 161 Å². The first kappa shape index (κ1) is 18.6. The van der Waals surface area contributed by atoms with Crippen LogP contribution in [0.5, 0.6) is 5.75 Å². The Morgan fingerprint density at radius 2 is 1.73 bits per heavy atom. The maximum absolute atomic E-state index is 13.2. The van der Waals surface area contributed by atoms with Crippen molar-refractivity contribution in [1.82, 2.24) is 4.90 Å².